The third kappa shape index (κ3) is 4.43. The van der Waals surface area contributed by atoms with Crippen LogP contribution in [0.1, 0.15) is 24.5 Å². The van der Waals surface area contributed by atoms with Gasteiger partial charge >= 0.3 is 0 Å². The van der Waals surface area contributed by atoms with Crippen molar-refractivity contribution in [3.8, 4) is 6.07 Å². The molecule has 0 spiro atoms. The molecule has 0 bridgehead atoms. The zero-order valence-corrected chi connectivity index (χ0v) is 10.9. The summed E-state index contributed by atoms with van der Waals surface area (Å²) in [7, 11) is -3.28. The van der Waals surface area contributed by atoms with Gasteiger partial charge in [0.25, 0.3) is 0 Å². The monoisotopic (exact) mass is 270 g/mol. The molecule has 0 heterocycles. The molecule has 98 valence electrons. The van der Waals surface area contributed by atoms with Gasteiger partial charge in [0.2, 0.25) is 0 Å². The fourth-order valence-electron chi connectivity index (χ4n) is 1.44. The molecule has 0 saturated heterocycles. The van der Waals surface area contributed by atoms with Gasteiger partial charge in [-0.2, -0.15) is 5.26 Å². The van der Waals surface area contributed by atoms with Crippen LogP contribution >= 0.6 is 0 Å². The average Bonchev–Trinajstić information content (AvgIpc) is 2.29. The molecule has 6 heteroatoms. The molecule has 18 heavy (non-hydrogen) atoms. The summed E-state index contributed by atoms with van der Waals surface area (Å²) in [4.78, 5) is 0. The Kier molecular flexibility index (Phi) is 4.82. The highest BCUT2D eigenvalue weighted by Crippen LogP contribution is 2.13. The number of benzene rings is 1. The largest absolute Gasteiger partial charge is 0.328 e. The molecule has 4 nitrogen and oxygen atoms in total. The molecule has 0 fully saturated rings. The fourth-order valence-corrected chi connectivity index (χ4v) is 3.00. The number of sulfone groups is 1. The third-order valence-electron chi connectivity index (χ3n) is 2.42. The van der Waals surface area contributed by atoms with Crippen LogP contribution in [0.2, 0.25) is 0 Å². The number of nitriles is 1. The first-order chi connectivity index (χ1) is 8.34. The van der Waals surface area contributed by atoms with Crippen molar-refractivity contribution in [2.45, 2.75) is 25.1 Å². The summed E-state index contributed by atoms with van der Waals surface area (Å²) in [6.07, 6.45) is 0.384. The zero-order chi connectivity index (χ0) is 13.8. The Bertz CT molecular complexity index is 562. The molecular weight excluding hydrogens is 255 g/mol. The van der Waals surface area contributed by atoms with E-state index < -0.39 is 15.7 Å². The third-order valence-corrected chi connectivity index (χ3v) is 4.05. The first-order valence-electron chi connectivity index (χ1n) is 5.48. The SMILES string of the molecule is CC(N)CCS(=O)(=O)Cc1ccc(F)c(C#N)c1. The maximum Gasteiger partial charge on any atom is 0.154 e. The number of hydrogen-bond acceptors (Lipinski definition) is 4. The van der Waals surface area contributed by atoms with Gasteiger partial charge in [-0.25, -0.2) is 12.8 Å². The quantitative estimate of drug-likeness (QED) is 0.875. The van der Waals surface area contributed by atoms with Crippen LogP contribution in [-0.2, 0) is 15.6 Å². The van der Waals surface area contributed by atoms with Gasteiger partial charge in [-0.1, -0.05) is 6.07 Å². The highest BCUT2D eigenvalue weighted by atomic mass is 32.2. The van der Waals surface area contributed by atoms with Crippen LogP contribution < -0.4 is 5.73 Å². The van der Waals surface area contributed by atoms with Crippen molar-refractivity contribution in [2.24, 2.45) is 5.73 Å². The van der Waals surface area contributed by atoms with Gasteiger partial charge in [0.1, 0.15) is 11.9 Å². The molecule has 0 saturated carbocycles. The summed E-state index contributed by atoms with van der Waals surface area (Å²) in [5, 5.41) is 8.66. The predicted octanol–water partition coefficient (Wildman–Crippen LogP) is 1.35. The van der Waals surface area contributed by atoms with E-state index in [1.807, 2.05) is 0 Å². The topological polar surface area (TPSA) is 84.0 Å². The van der Waals surface area contributed by atoms with E-state index in [0.717, 1.165) is 6.07 Å². The zero-order valence-electron chi connectivity index (χ0n) is 10.1. The van der Waals surface area contributed by atoms with Gasteiger partial charge in [-0.15, -0.1) is 0 Å². The van der Waals surface area contributed by atoms with Crippen molar-refractivity contribution in [1.29, 1.82) is 5.26 Å². The van der Waals surface area contributed by atoms with Crippen LogP contribution in [-0.4, -0.2) is 20.2 Å². The summed E-state index contributed by atoms with van der Waals surface area (Å²) in [5.41, 5.74) is 5.77. The maximum atomic E-state index is 13.1. The van der Waals surface area contributed by atoms with E-state index in [-0.39, 0.29) is 23.1 Å². The van der Waals surface area contributed by atoms with Crippen molar-refractivity contribution in [3.63, 3.8) is 0 Å². The molecule has 1 aromatic carbocycles. The summed E-state index contributed by atoms with van der Waals surface area (Å²) < 4.78 is 36.6. The molecule has 0 aliphatic rings. The molecule has 1 aromatic rings. The van der Waals surface area contributed by atoms with Gasteiger partial charge in [-0.05, 0) is 31.0 Å². The van der Waals surface area contributed by atoms with Gasteiger partial charge in [0.05, 0.1) is 17.1 Å². The Morgan fingerprint density at radius 1 is 1.50 bits per heavy atom. The standard InChI is InChI=1S/C12H15FN2O2S/c1-9(15)4-5-18(16,17)8-10-2-3-12(13)11(6-10)7-14/h2-3,6,9H,4-5,8,15H2,1H3. The second-order valence-corrected chi connectivity index (χ2v) is 6.47. The molecule has 0 radical (unpaired) electrons. The van der Waals surface area contributed by atoms with E-state index in [9.17, 15) is 12.8 Å². The highest BCUT2D eigenvalue weighted by molar-refractivity contribution is 7.90. The van der Waals surface area contributed by atoms with Crippen molar-refractivity contribution < 1.29 is 12.8 Å². The van der Waals surface area contributed by atoms with Crippen LogP contribution in [0.25, 0.3) is 0 Å². The van der Waals surface area contributed by atoms with E-state index >= 15 is 0 Å². The molecule has 0 amide bonds. The lowest BCUT2D eigenvalue weighted by Gasteiger charge is -2.07. The van der Waals surface area contributed by atoms with Crippen molar-refractivity contribution in [3.05, 3.63) is 35.1 Å². The second-order valence-electron chi connectivity index (χ2n) is 4.28. The molecular formula is C12H15FN2O2S. The molecule has 1 atom stereocenters. The van der Waals surface area contributed by atoms with E-state index in [1.165, 1.54) is 12.1 Å². The molecule has 1 rings (SSSR count). The van der Waals surface area contributed by atoms with Gasteiger partial charge < -0.3 is 5.73 Å². The molecule has 1 unspecified atom stereocenters. The Balaban J connectivity index is 2.82. The summed E-state index contributed by atoms with van der Waals surface area (Å²) in [6.45, 7) is 1.74. The van der Waals surface area contributed by atoms with Crippen LogP contribution in [0, 0.1) is 17.1 Å². The minimum atomic E-state index is -3.28. The number of halogens is 1. The Morgan fingerprint density at radius 3 is 2.72 bits per heavy atom. The first-order valence-corrected chi connectivity index (χ1v) is 7.31. The lowest BCUT2D eigenvalue weighted by atomic mass is 10.1. The van der Waals surface area contributed by atoms with Crippen LogP contribution in [0.3, 0.4) is 0 Å². The lowest BCUT2D eigenvalue weighted by molar-refractivity contribution is 0.586. The molecule has 0 aromatic heterocycles. The van der Waals surface area contributed by atoms with E-state index in [2.05, 4.69) is 0 Å². The Morgan fingerprint density at radius 2 is 2.17 bits per heavy atom. The molecule has 0 aliphatic heterocycles. The van der Waals surface area contributed by atoms with Crippen molar-refractivity contribution in [1.82, 2.24) is 0 Å². The van der Waals surface area contributed by atoms with Crippen molar-refractivity contribution >= 4 is 9.84 Å². The maximum absolute atomic E-state index is 13.1. The minimum absolute atomic E-state index is 0.00999. The van der Waals surface area contributed by atoms with E-state index in [0.29, 0.717) is 12.0 Å². The van der Waals surface area contributed by atoms with Crippen LogP contribution in [0.15, 0.2) is 18.2 Å². The highest BCUT2D eigenvalue weighted by Gasteiger charge is 2.14. The minimum Gasteiger partial charge on any atom is -0.328 e. The van der Waals surface area contributed by atoms with Gasteiger partial charge in [0, 0.05) is 6.04 Å². The van der Waals surface area contributed by atoms with Gasteiger partial charge in [0.15, 0.2) is 9.84 Å². The Labute approximate surface area is 106 Å². The van der Waals surface area contributed by atoms with Crippen LogP contribution in [0.4, 0.5) is 4.39 Å². The predicted molar refractivity (Wildman–Crippen MR) is 66.9 cm³/mol. The van der Waals surface area contributed by atoms with Crippen molar-refractivity contribution in [2.75, 3.05) is 5.75 Å². The lowest BCUT2D eigenvalue weighted by Crippen LogP contribution is -2.20. The summed E-state index contributed by atoms with van der Waals surface area (Å²) in [5.74, 6) is -0.854. The Hall–Kier alpha value is -1.45. The average molecular weight is 270 g/mol. The number of nitrogens with two attached hydrogens (primary N) is 1. The first kappa shape index (κ1) is 14.6. The van der Waals surface area contributed by atoms with E-state index in [1.54, 1.807) is 13.0 Å². The summed E-state index contributed by atoms with van der Waals surface area (Å²) >= 11 is 0. The number of nitrogens with zero attached hydrogens (tertiary/aromatic N) is 1. The van der Waals surface area contributed by atoms with Crippen LogP contribution in [0.5, 0.6) is 0 Å². The van der Waals surface area contributed by atoms with Gasteiger partial charge in [-0.3, -0.25) is 0 Å². The number of hydrogen-bond donors (Lipinski definition) is 1. The smallest absolute Gasteiger partial charge is 0.154 e. The molecule has 2 N–H and O–H groups in total. The molecule has 0 aliphatic carbocycles. The summed E-state index contributed by atoms with van der Waals surface area (Å²) in [6, 6.07) is 5.25. The second kappa shape index (κ2) is 5.94. The normalized spacial score (nSPS) is 13.0. The van der Waals surface area contributed by atoms with E-state index in [4.69, 9.17) is 11.0 Å². The number of rotatable bonds is 5. The fraction of sp³-hybridized carbons (Fsp3) is 0.417.